The van der Waals surface area contributed by atoms with E-state index >= 15 is 0 Å². The molecule has 6 heteroatoms. The van der Waals surface area contributed by atoms with E-state index in [9.17, 15) is 13.2 Å². The molecule has 1 aromatic rings. The number of piperidine rings is 1. The summed E-state index contributed by atoms with van der Waals surface area (Å²) in [5, 5.41) is 0. The van der Waals surface area contributed by atoms with E-state index in [1.54, 1.807) is 24.1 Å². The van der Waals surface area contributed by atoms with Gasteiger partial charge in [0, 0.05) is 19.1 Å². The summed E-state index contributed by atoms with van der Waals surface area (Å²) in [4.78, 5) is 16.9. The van der Waals surface area contributed by atoms with Crippen LogP contribution in [0.5, 0.6) is 0 Å². The first-order chi connectivity index (χ1) is 10.8. The summed E-state index contributed by atoms with van der Waals surface area (Å²) in [6.45, 7) is 4.14. The molecule has 0 saturated carbocycles. The Balaban J connectivity index is 1.89. The summed E-state index contributed by atoms with van der Waals surface area (Å²) in [6, 6.07) is 6.94. The summed E-state index contributed by atoms with van der Waals surface area (Å²) in [5.74, 6) is -0.0226. The number of rotatable bonds is 1. The number of fused-ring (bicyclic) bond motifs is 1. The molecule has 0 aliphatic carbocycles. The predicted molar refractivity (Wildman–Crippen MR) is 89.0 cm³/mol. The number of hydrogen-bond donors (Lipinski definition) is 0. The molecule has 1 saturated heterocycles. The van der Waals surface area contributed by atoms with Crippen molar-refractivity contribution in [3.63, 3.8) is 0 Å². The molecule has 0 spiro atoms. The van der Waals surface area contributed by atoms with Gasteiger partial charge in [0.05, 0.1) is 16.7 Å². The van der Waals surface area contributed by atoms with Gasteiger partial charge >= 0.3 is 6.03 Å². The maximum Gasteiger partial charge on any atom is 0.320 e. The van der Waals surface area contributed by atoms with Gasteiger partial charge in [0.2, 0.25) is 0 Å². The molecular formula is C17H24N2O3S. The van der Waals surface area contributed by atoms with Crippen molar-refractivity contribution in [2.75, 3.05) is 12.8 Å². The minimum Gasteiger partial charge on any atom is -0.320 e. The lowest BCUT2D eigenvalue weighted by atomic mass is 9.98. The molecule has 3 atom stereocenters. The molecule has 5 nitrogen and oxygen atoms in total. The second kappa shape index (κ2) is 5.82. The van der Waals surface area contributed by atoms with Crippen LogP contribution >= 0.6 is 0 Å². The molecule has 2 aliphatic rings. The molecule has 1 aromatic carbocycles. The molecule has 126 valence electrons. The fraction of sp³-hybridized carbons (Fsp3) is 0.588. The maximum absolute atomic E-state index is 13.0. The molecule has 23 heavy (non-hydrogen) atoms. The van der Waals surface area contributed by atoms with E-state index in [-0.39, 0.29) is 23.9 Å². The van der Waals surface area contributed by atoms with E-state index < -0.39 is 15.9 Å². The van der Waals surface area contributed by atoms with Gasteiger partial charge in [0.15, 0.2) is 9.84 Å². The topological polar surface area (TPSA) is 57.7 Å². The van der Waals surface area contributed by atoms with E-state index in [0.29, 0.717) is 4.90 Å². The summed E-state index contributed by atoms with van der Waals surface area (Å²) < 4.78 is 24.7. The molecule has 2 aliphatic heterocycles. The molecular weight excluding hydrogens is 312 g/mol. The number of carbonyl (C=O) groups excluding carboxylic acids is 1. The van der Waals surface area contributed by atoms with Gasteiger partial charge in [-0.2, -0.15) is 0 Å². The third-order valence-electron chi connectivity index (χ3n) is 5.17. The molecule has 3 unspecified atom stereocenters. The first-order valence-corrected chi connectivity index (χ1v) is 9.85. The van der Waals surface area contributed by atoms with Gasteiger partial charge in [-0.05, 0) is 44.7 Å². The quantitative estimate of drug-likeness (QED) is 0.792. The van der Waals surface area contributed by atoms with E-state index in [0.717, 1.165) is 24.8 Å². The highest BCUT2D eigenvalue weighted by Crippen LogP contribution is 2.37. The zero-order chi connectivity index (χ0) is 16.8. The first-order valence-electron chi connectivity index (χ1n) is 8.19. The highest BCUT2D eigenvalue weighted by atomic mass is 32.2. The van der Waals surface area contributed by atoms with Crippen molar-refractivity contribution in [1.82, 2.24) is 9.80 Å². The minimum atomic E-state index is -3.30. The number of nitrogens with zero attached hydrogens (tertiary/aromatic N) is 2. The van der Waals surface area contributed by atoms with Crippen LogP contribution in [0.3, 0.4) is 0 Å². The highest BCUT2D eigenvalue weighted by Gasteiger charge is 2.41. The van der Waals surface area contributed by atoms with Gasteiger partial charge < -0.3 is 9.80 Å². The lowest BCUT2D eigenvalue weighted by molar-refractivity contribution is 0.0906. The van der Waals surface area contributed by atoms with Crippen LogP contribution in [0.15, 0.2) is 29.2 Å². The van der Waals surface area contributed by atoms with Crippen LogP contribution in [0.25, 0.3) is 0 Å². The Morgan fingerprint density at radius 3 is 2.43 bits per heavy atom. The average Bonchev–Trinajstić information content (AvgIpc) is 2.78. The Bertz CT molecular complexity index is 706. The van der Waals surface area contributed by atoms with E-state index in [1.165, 1.54) is 0 Å². The van der Waals surface area contributed by atoms with Crippen molar-refractivity contribution in [1.29, 1.82) is 0 Å². The van der Waals surface area contributed by atoms with Crippen LogP contribution in [0.2, 0.25) is 0 Å². The normalized spacial score (nSPS) is 29.2. The van der Waals surface area contributed by atoms with Crippen LogP contribution in [0.1, 0.15) is 44.7 Å². The fourth-order valence-electron chi connectivity index (χ4n) is 3.86. The first kappa shape index (κ1) is 16.3. The molecule has 2 heterocycles. The summed E-state index contributed by atoms with van der Waals surface area (Å²) in [7, 11) is -1.58. The van der Waals surface area contributed by atoms with Crippen LogP contribution in [0, 0.1) is 0 Å². The van der Waals surface area contributed by atoms with Gasteiger partial charge in [-0.1, -0.05) is 18.2 Å². The average molecular weight is 336 g/mol. The third kappa shape index (κ3) is 2.73. The van der Waals surface area contributed by atoms with Crippen molar-refractivity contribution >= 4 is 15.9 Å². The predicted octanol–water partition coefficient (Wildman–Crippen LogP) is 2.83. The lowest BCUT2D eigenvalue weighted by Crippen LogP contribution is -2.53. The second-order valence-electron chi connectivity index (χ2n) is 6.76. The van der Waals surface area contributed by atoms with Crippen molar-refractivity contribution in [3.05, 3.63) is 29.8 Å². The number of sulfone groups is 1. The van der Waals surface area contributed by atoms with Crippen molar-refractivity contribution in [2.45, 2.75) is 56.1 Å². The highest BCUT2D eigenvalue weighted by molar-refractivity contribution is 7.91. The van der Waals surface area contributed by atoms with Gasteiger partial charge in [-0.3, -0.25) is 0 Å². The Kier molecular flexibility index (Phi) is 4.12. The summed E-state index contributed by atoms with van der Waals surface area (Å²) in [6.07, 6.45) is 3.14. The number of benzene rings is 1. The standard InChI is InChI=1S/C17H24N2O3S/c1-12-7-6-8-13(2)19(12)17(20)18(3)15-11-23(21,22)16-10-5-4-9-14(15)16/h4-5,9-10,12-13,15H,6-8,11H2,1-3H3. The van der Waals surface area contributed by atoms with Crippen LogP contribution in [-0.4, -0.2) is 49.1 Å². The SMILES string of the molecule is CC1CCCC(C)N1C(=O)N(C)C1CS(=O)(=O)c2ccccc21. The largest absolute Gasteiger partial charge is 0.320 e. The fourth-order valence-corrected chi connectivity index (χ4v) is 5.71. The Hall–Kier alpha value is -1.56. The van der Waals surface area contributed by atoms with Crippen LogP contribution < -0.4 is 0 Å². The molecule has 0 bridgehead atoms. The summed E-state index contributed by atoms with van der Waals surface area (Å²) >= 11 is 0. The minimum absolute atomic E-state index is 0.0226. The maximum atomic E-state index is 13.0. The molecule has 3 rings (SSSR count). The van der Waals surface area contributed by atoms with Crippen LogP contribution in [-0.2, 0) is 9.84 Å². The van der Waals surface area contributed by atoms with E-state index in [2.05, 4.69) is 13.8 Å². The van der Waals surface area contributed by atoms with Gasteiger partial charge in [0.25, 0.3) is 0 Å². The van der Waals surface area contributed by atoms with E-state index in [4.69, 9.17) is 0 Å². The van der Waals surface area contributed by atoms with Crippen molar-refractivity contribution < 1.29 is 13.2 Å². The zero-order valence-corrected chi connectivity index (χ0v) is 14.7. The monoisotopic (exact) mass is 336 g/mol. The lowest BCUT2D eigenvalue weighted by Gasteiger charge is -2.42. The third-order valence-corrected chi connectivity index (χ3v) is 6.97. The molecule has 1 fully saturated rings. The number of amides is 2. The zero-order valence-electron chi connectivity index (χ0n) is 13.9. The Labute approximate surface area is 138 Å². The van der Waals surface area contributed by atoms with Crippen LogP contribution in [0.4, 0.5) is 4.79 Å². The van der Waals surface area contributed by atoms with Crippen molar-refractivity contribution in [2.24, 2.45) is 0 Å². The summed E-state index contributed by atoms with van der Waals surface area (Å²) in [5.41, 5.74) is 0.737. The number of carbonyl (C=O) groups is 1. The van der Waals surface area contributed by atoms with Gasteiger partial charge in [-0.15, -0.1) is 0 Å². The van der Waals surface area contributed by atoms with Crippen molar-refractivity contribution in [3.8, 4) is 0 Å². The number of urea groups is 1. The van der Waals surface area contributed by atoms with Gasteiger partial charge in [0.1, 0.15) is 0 Å². The van der Waals surface area contributed by atoms with Gasteiger partial charge in [-0.25, -0.2) is 13.2 Å². The second-order valence-corrected chi connectivity index (χ2v) is 8.77. The molecule has 0 N–H and O–H groups in total. The Morgan fingerprint density at radius 1 is 1.17 bits per heavy atom. The smallest absolute Gasteiger partial charge is 0.320 e. The Morgan fingerprint density at radius 2 is 1.78 bits per heavy atom. The number of likely N-dealkylation sites (tertiary alicyclic amines) is 1. The molecule has 2 amide bonds. The van der Waals surface area contributed by atoms with E-state index in [1.807, 2.05) is 17.0 Å². The molecule has 0 aromatic heterocycles. The number of hydrogen-bond acceptors (Lipinski definition) is 3. The molecule has 0 radical (unpaired) electrons.